The van der Waals surface area contributed by atoms with Gasteiger partial charge in [-0.05, 0) is 57.2 Å². The number of hydrogen-bond donors (Lipinski definition) is 0. The molecule has 0 amide bonds. The molecule has 0 aliphatic carbocycles. The zero-order valence-electron chi connectivity index (χ0n) is 12.3. The summed E-state index contributed by atoms with van der Waals surface area (Å²) >= 11 is 9.46. The summed E-state index contributed by atoms with van der Waals surface area (Å²) in [6.07, 6.45) is 3.01. The molecule has 0 bridgehead atoms. The van der Waals surface area contributed by atoms with Gasteiger partial charge in [0.05, 0.1) is 4.47 Å². The molecule has 0 unspecified atom stereocenters. The number of halogens is 2. The van der Waals surface area contributed by atoms with E-state index in [1.54, 1.807) is 18.2 Å². The summed E-state index contributed by atoms with van der Waals surface area (Å²) < 4.78 is 6.09. The molecule has 0 saturated heterocycles. The van der Waals surface area contributed by atoms with Gasteiger partial charge >= 0.3 is 5.97 Å². The van der Waals surface area contributed by atoms with Crippen LogP contribution in [0.1, 0.15) is 30.9 Å². The van der Waals surface area contributed by atoms with E-state index in [4.69, 9.17) is 16.3 Å². The quantitative estimate of drug-likeness (QED) is 0.379. The van der Waals surface area contributed by atoms with Crippen molar-refractivity contribution in [2.75, 3.05) is 0 Å². The fraction of sp³-hybridized carbons (Fsp3) is 0.167. The summed E-state index contributed by atoms with van der Waals surface area (Å²) in [7, 11) is 0. The number of hydrogen-bond acceptors (Lipinski definition) is 2. The molecule has 0 aliphatic heterocycles. The van der Waals surface area contributed by atoms with Crippen LogP contribution in [-0.2, 0) is 4.79 Å². The molecule has 0 spiro atoms. The second kappa shape index (κ2) is 7.61. The van der Waals surface area contributed by atoms with Crippen LogP contribution < -0.4 is 4.74 Å². The van der Waals surface area contributed by atoms with Crippen LogP contribution in [0.3, 0.4) is 0 Å². The van der Waals surface area contributed by atoms with Crippen LogP contribution in [0.15, 0.2) is 53.0 Å². The highest BCUT2D eigenvalue weighted by molar-refractivity contribution is 9.10. The first-order valence-corrected chi connectivity index (χ1v) is 8.08. The Morgan fingerprint density at radius 3 is 2.59 bits per heavy atom. The lowest BCUT2D eigenvalue weighted by atomic mass is 10.0. The van der Waals surface area contributed by atoms with Crippen molar-refractivity contribution < 1.29 is 9.53 Å². The van der Waals surface area contributed by atoms with Crippen LogP contribution in [0.2, 0.25) is 5.02 Å². The zero-order valence-corrected chi connectivity index (χ0v) is 14.7. The first-order chi connectivity index (χ1) is 10.5. The van der Waals surface area contributed by atoms with Crippen molar-refractivity contribution in [1.29, 1.82) is 0 Å². The summed E-state index contributed by atoms with van der Waals surface area (Å²) in [5.74, 6) is 0.470. The average Bonchev–Trinajstić information content (AvgIpc) is 2.48. The molecule has 114 valence electrons. The Hall–Kier alpha value is -1.58. The predicted molar refractivity (Wildman–Crippen MR) is 94.4 cm³/mol. The van der Waals surface area contributed by atoms with Crippen LogP contribution in [0.25, 0.3) is 6.08 Å². The Bertz CT molecular complexity index is 708. The lowest BCUT2D eigenvalue weighted by Crippen LogP contribution is -2.04. The van der Waals surface area contributed by atoms with Gasteiger partial charge in [0.1, 0.15) is 5.75 Å². The van der Waals surface area contributed by atoms with Gasteiger partial charge in [0.25, 0.3) is 0 Å². The summed E-state index contributed by atoms with van der Waals surface area (Å²) in [6.45, 7) is 4.22. The fourth-order valence-electron chi connectivity index (χ4n) is 1.87. The highest BCUT2D eigenvalue weighted by Gasteiger charge is 2.08. The maximum atomic E-state index is 11.9. The fourth-order valence-corrected chi connectivity index (χ4v) is 2.55. The maximum absolute atomic E-state index is 11.9. The molecule has 0 atom stereocenters. The van der Waals surface area contributed by atoms with Gasteiger partial charge in [-0.1, -0.05) is 49.7 Å². The average molecular weight is 380 g/mol. The van der Waals surface area contributed by atoms with Gasteiger partial charge in [-0.25, -0.2) is 4.79 Å². The summed E-state index contributed by atoms with van der Waals surface area (Å²) in [4.78, 5) is 11.9. The Kier molecular flexibility index (Phi) is 5.81. The minimum atomic E-state index is -0.446. The third-order valence-electron chi connectivity index (χ3n) is 3.14. The Morgan fingerprint density at radius 1 is 1.23 bits per heavy atom. The number of rotatable bonds is 4. The second-order valence-electron chi connectivity index (χ2n) is 5.12. The van der Waals surface area contributed by atoms with Crippen LogP contribution in [0, 0.1) is 0 Å². The number of benzene rings is 2. The van der Waals surface area contributed by atoms with E-state index in [1.807, 2.05) is 30.3 Å². The molecule has 2 aromatic carbocycles. The number of esters is 1. The molecule has 0 aromatic heterocycles. The number of ether oxygens (including phenoxy) is 1. The van der Waals surface area contributed by atoms with E-state index in [1.165, 1.54) is 11.6 Å². The summed E-state index contributed by atoms with van der Waals surface area (Å²) in [6, 6.07) is 13.0. The van der Waals surface area contributed by atoms with Gasteiger partial charge in [-0.3, -0.25) is 0 Å². The van der Waals surface area contributed by atoms with Gasteiger partial charge in [0, 0.05) is 11.1 Å². The molecule has 2 nitrogen and oxygen atoms in total. The van der Waals surface area contributed by atoms with Crippen LogP contribution in [0.4, 0.5) is 0 Å². The van der Waals surface area contributed by atoms with E-state index in [-0.39, 0.29) is 0 Å². The Labute approximate surface area is 143 Å². The lowest BCUT2D eigenvalue weighted by molar-refractivity contribution is -0.128. The van der Waals surface area contributed by atoms with Gasteiger partial charge in [-0.2, -0.15) is 0 Å². The SMILES string of the molecule is CC(C)c1ccc(OC(=O)/C=C/c2ccccc2Cl)c(Br)c1. The minimum Gasteiger partial charge on any atom is -0.422 e. The highest BCUT2D eigenvalue weighted by Crippen LogP contribution is 2.29. The van der Waals surface area contributed by atoms with E-state index >= 15 is 0 Å². The van der Waals surface area contributed by atoms with Crippen LogP contribution in [-0.4, -0.2) is 5.97 Å². The standard InChI is InChI=1S/C18H16BrClO2/c1-12(2)14-7-9-17(15(19)11-14)22-18(21)10-8-13-5-3-4-6-16(13)20/h3-12H,1-2H3/b10-8+. The van der Waals surface area contributed by atoms with Gasteiger partial charge in [-0.15, -0.1) is 0 Å². The Morgan fingerprint density at radius 2 is 1.95 bits per heavy atom. The van der Waals surface area contributed by atoms with E-state index < -0.39 is 5.97 Å². The van der Waals surface area contributed by atoms with Gasteiger partial charge in [0.15, 0.2) is 0 Å². The van der Waals surface area contributed by atoms with Crippen molar-refractivity contribution in [3.63, 3.8) is 0 Å². The van der Waals surface area contributed by atoms with Crippen molar-refractivity contribution in [1.82, 2.24) is 0 Å². The van der Waals surface area contributed by atoms with Crippen LogP contribution >= 0.6 is 27.5 Å². The third-order valence-corrected chi connectivity index (χ3v) is 4.10. The second-order valence-corrected chi connectivity index (χ2v) is 6.38. The highest BCUT2D eigenvalue weighted by atomic mass is 79.9. The molecule has 0 radical (unpaired) electrons. The molecular weight excluding hydrogens is 364 g/mol. The molecule has 0 saturated carbocycles. The topological polar surface area (TPSA) is 26.3 Å². The number of carbonyl (C=O) groups is 1. The summed E-state index contributed by atoms with van der Waals surface area (Å²) in [5, 5.41) is 0.592. The monoisotopic (exact) mass is 378 g/mol. The van der Waals surface area contributed by atoms with Crippen molar-refractivity contribution in [2.24, 2.45) is 0 Å². The van der Waals surface area contributed by atoms with Crippen molar-refractivity contribution in [3.8, 4) is 5.75 Å². The summed E-state index contributed by atoms with van der Waals surface area (Å²) in [5.41, 5.74) is 1.95. The molecule has 2 rings (SSSR count). The smallest absolute Gasteiger partial charge is 0.336 e. The molecule has 2 aromatic rings. The molecule has 22 heavy (non-hydrogen) atoms. The van der Waals surface area contributed by atoms with Crippen molar-refractivity contribution in [2.45, 2.75) is 19.8 Å². The van der Waals surface area contributed by atoms with E-state index in [2.05, 4.69) is 29.8 Å². The van der Waals surface area contributed by atoms with Crippen molar-refractivity contribution >= 4 is 39.6 Å². The predicted octanol–water partition coefficient (Wildman–Crippen LogP) is 5.84. The lowest BCUT2D eigenvalue weighted by Gasteiger charge is -2.09. The molecule has 0 heterocycles. The van der Waals surface area contributed by atoms with Gasteiger partial charge in [0.2, 0.25) is 0 Å². The third kappa shape index (κ3) is 4.46. The molecule has 0 N–H and O–H groups in total. The maximum Gasteiger partial charge on any atom is 0.336 e. The molecular formula is C18H16BrClO2. The van der Waals surface area contributed by atoms with E-state index in [9.17, 15) is 4.79 Å². The van der Waals surface area contributed by atoms with Gasteiger partial charge < -0.3 is 4.74 Å². The Balaban J connectivity index is 2.08. The minimum absolute atomic E-state index is 0.418. The zero-order chi connectivity index (χ0) is 16.1. The molecule has 0 fully saturated rings. The van der Waals surface area contributed by atoms with E-state index in [0.717, 1.165) is 10.0 Å². The largest absolute Gasteiger partial charge is 0.422 e. The normalized spacial score (nSPS) is 11.1. The van der Waals surface area contributed by atoms with E-state index in [0.29, 0.717) is 16.7 Å². The molecule has 4 heteroatoms. The number of carbonyl (C=O) groups excluding carboxylic acids is 1. The first kappa shape index (κ1) is 16.8. The molecule has 0 aliphatic rings. The van der Waals surface area contributed by atoms with Crippen LogP contribution in [0.5, 0.6) is 5.75 Å². The van der Waals surface area contributed by atoms with Crippen molar-refractivity contribution in [3.05, 3.63) is 69.2 Å². The first-order valence-electron chi connectivity index (χ1n) is 6.91.